The van der Waals surface area contributed by atoms with Crippen molar-refractivity contribution in [3.8, 4) is 0 Å². The summed E-state index contributed by atoms with van der Waals surface area (Å²) in [7, 11) is 0. The number of nitrogens with one attached hydrogen (secondary N) is 1. The number of nitrogen functional groups attached to an aromatic ring is 1. The van der Waals surface area contributed by atoms with Crippen molar-refractivity contribution >= 4 is 48.9 Å². The van der Waals surface area contributed by atoms with Gasteiger partial charge in [-0.2, -0.15) is 0 Å². The largest absolute Gasteiger partial charge is 0.397 e. The van der Waals surface area contributed by atoms with Gasteiger partial charge in [0.2, 0.25) is 0 Å². The molecule has 21 heavy (non-hydrogen) atoms. The van der Waals surface area contributed by atoms with Crippen molar-refractivity contribution in [2.75, 3.05) is 18.9 Å². The Kier molecular flexibility index (Phi) is 4.91. The van der Waals surface area contributed by atoms with Crippen LogP contribution in [0.5, 0.6) is 0 Å². The molecular weight excluding hydrogens is 352 g/mol. The number of thiophene rings is 1. The highest BCUT2D eigenvalue weighted by molar-refractivity contribution is 9.10. The van der Waals surface area contributed by atoms with Gasteiger partial charge in [-0.05, 0) is 32.9 Å². The van der Waals surface area contributed by atoms with Gasteiger partial charge in [0.05, 0.1) is 11.3 Å². The minimum Gasteiger partial charge on any atom is -0.397 e. The van der Waals surface area contributed by atoms with E-state index in [2.05, 4.69) is 21.2 Å². The van der Waals surface area contributed by atoms with E-state index in [1.54, 1.807) is 0 Å². The molecule has 0 atom stereocenters. The smallest absolute Gasteiger partial charge is 0.263 e. The van der Waals surface area contributed by atoms with Crippen LogP contribution < -0.4 is 11.1 Å². The van der Waals surface area contributed by atoms with Gasteiger partial charge >= 0.3 is 0 Å². The first-order valence-electron chi connectivity index (χ1n) is 6.74. The minimum absolute atomic E-state index is 0.155. The maximum absolute atomic E-state index is 12.3. The van der Waals surface area contributed by atoms with Crippen molar-refractivity contribution < 1.29 is 9.53 Å². The Morgan fingerprint density at radius 1 is 1.48 bits per heavy atom. The van der Waals surface area contributed by atoms with E-state index < -0.39 is 0 Å². The predicted molar refractivity (Wildman–Crippen MR) is 92.0 cm³/mol. The number of carbonyl (C=O) groups excluding carboxylic acids is 1. The van der Waals surface area contributed by atoms with Gasteiger partial charge in [0.1, 0.15) is 4.88 Å². The zero-order chi connectivity index (χ0) is 15.6. The lowest BCUT2D eigenvalue weighted by molar-refractivity contribution is -0.00812. The van der Waals surface area contributed by atoms with Crippen molar-refractivity contribution in [1.29, 1.82) is 0 Å². The summed E-state index contributed by atoms with van der Waals surface area (Å²) in [6.45, 7) is 6.88. The molecule has 0 radical (unpaired) electrons. The van der Waals surface area contributed by atoms with Gasteiger partial charge in [-0.25, -0.2) is 0 Å². The lowest BCUT2D eigenvalue weighted by atomic mass is 10.1. The number of hydrogen-bond donors (Lipinski definition) is 2. The molecule has 2 rings (SSSR count). The SMILES string of the molecule is CCOC(C)(C)CNC(=O)c1sc2cc(Br)ccc2c1N. The molecule has 0 aliphatic carbocycles. The van der Waals surface area contributed by atoms with Crippen LogP contribution in [0.15, 0.2) is 22.7 Å². The zero-order valence-corrected chi connectivity index (χ0v) is 14.7. The fraction of sp³-hybridized carbons (Fsp3) is 0.400. The van der Waals surface area contributed by atoms with E-state index >= 15 is 0 Å². The number of halogens is 1. The summed E-state index contributed by atoms with van der Waals surface area (Å²) in [5, 5.41) is 3.81. The molecule has 0 aliphatic rings. The average molecular weight is 371 g/mol. The van der Waals surface area contributed by atoms with Crippen LogP contribution in [0.4, 0.5) is 5.69 Å². The molecule has 6 heteroatoms. The lowest BCUT2D eigenvalue weighted by Gasteiger charge is -2.24. The quantitative estimate of drug-likeness (QED) is 0.841. The van der Waals surface area contributed by atoms with Gasteiger partial charge in [0, 0.05) is 27.7 Å². The third-order valence-electron chi connectivity index (χ3n) is 3.11. The molecule has 4 nitrogen and oxygen atoms in total. The Labute approximate surface area is 136 Å². The molecule has 1 aromatic heterocycles. The number of anilines is 1. The summed E-state index contributed by atoms with van der Waals surface area (Å²) >= 11 is 4.83. The van der Waals surface area contributed by atoms with Crippen molar-refractivity contribution in [1.82, 2.24) is 5.32 Å². The summed E-state index contributed by atoms with van der Waals surface area (Å²) in [4.78, 5) is 12.9. The monoisotopic (exact) mass is 370 g/mol. The van der Waals surface area contributed by atoms with Crippen molar-refractivity contribution in [2.24, 2.45) is 0 Å². The van der Waals surface area contributed by atoms with Crippen molar-refractivity contribution in [3.63, 3.8) is 0 Å². The molecule has 0 bridgehead atoms. The van der Waals surface area contributed by atoms with Gasteiger partial charge in [0.15, 0.2) is 0 Å². The summed E-state index contributed by atoms with van der Waals surface area (Å²) < 4.78 is 7.54. The van der Waals surface area contributed by atoms with E-state index in [1.165, 1.54) is 11.3 Å². The van der Waals surface area contributed by atoms with Crippen molar-refractivity contribution in [2.45, 2.75) is 26.4 Å². The minimum atomic E-state index is -0.390. The van der Waals surface area contributed by atoms with Crippen LogP contribution in [0.3, 0.4) is 0 Å². The fourth-order valence-electron chi connectivity index (χ4n) is 2.07. The zero-order valence-electron chi connectivity index (χ0n) is 12.3. The number of amides is 1. The van der Waals surface area contributed by atoms with Crippen LogP contribution in [-0.4, -0.2) is 24.7 Å². The summed E-state index contributed by atoms with van der Waals surface area (Å²) in [5.41, 5.74) is 6.24. The molecule has 0 aliphatic heterocycles. The van der Waals surface area contributed by atoms with Crippen molar-refractivity contribution in [3.05, 3.63) is 27.5 Å². The van der Waals surface area contributed by atoms with E-state index in [0.717, 1.165) is 14.6 Å². The van der Waals surface area contributed by atoms with Gasteiger partial charge < -0.3 is 15.8 Å². The highest BCUT2D eigenvalue weighted by Gasteiger charge is 2.21. The molecule has 0 spiro atoms. The maximum atomic E-state index is 12.3. The topological polar surface area (TPSA) is 64.3 Å². The second kappa shape index (κ2) is 6.34. The van der Waals surface area contributed by atoms with E-state index in [0.29, 0.717) is 23.7 Å². The van der Waals surface area contributed by atoms with Crippen LogP contribution >= 0.6 is 27.3 Å². The molecule has 0 unspecified atom stereocenters. The molecule has 3 N–H and O–H groups in total. The molecule has 1 aromatic carbocycles. The summed E-state index contributed by atoms with van der Waals surface area (Å²) in [6.07, 6.45) is 0. The molecule has 0 fully saturated rings. The molecule has 2 aromatic rings. The third-order valence-corrected chi connectivity index (χ3v) is 4.77. The summed E-state index contributed by atoms with van der Waals surface area (Å²) in [6, 6.07) is 5.81. The highest BCUT2D eigenvalue weighted by Crippen LogP contribution is 2.35. The van der Waals surface area contributed by atoms with Gasteiger partial charge in [-0.1, -0.05) is 22.0 Å². The van der Waals surface area contributed by atoms with E-state index in [-0.39, 0.29) is 11.5 Å². The maximum Gasteiger partial charge on any atom is 0.263 e. The lowest BCUT2D eigenvalue weighted by Crippen LogP contribution is -2.40. The Balaban J connectivity index is 2.18. The molecule has 1 amide bonds. The molecule has 0 saturated carbocycles. The van der Waals surface area contributed by atoms with Crippen LogP contribution in [0.1, 0.15) is 30.4 Å². The first kappa shape index (κ1) is 16.3. The second-order valence-corrected chi connectivity index (χ2v) is 7.33. The number of carbonyl (C=O) groups is 1. The molecule has 114 valence electrons. The van der Waals surface area contributed by atoms with E-state index in [4.69, 9.17) is 10.5 Å². The number of benzene rings is 1. The van der Waals surface area contributed by atoms with Gasteiger partial charge in [-0.3, -0.25) is 4.79 Å². The third kappa shape index (κ3) is 3.75. The second-order valence-electron chi connectivity index (χ2n) is 5.36. The van der Waals surface area contributed by atoms with E-state index in [9.17, 15) is 4.79 Å². The number of nitrogens with two attached hydrogens (primary N) is 1. The van der Waals surface area contributed by atoms with Crippen LogP contribution in [0.2, 0.25) is 0 Å². The first-order valence-corrected chi connectivity index (χ1v) is 8.34. The standard InChI is InChI=1S/C15H19BrN2O2S/c1-4-20-15(2,3)8-18-14(19)13-12(17)10-6-5-9(16)7-11(10)21-13/h5-7H,4,8,17H2,1-3H3,(H,18,19). The number of hydrogen-bond acceptors (Lipinski definition) is 4. The molecule has 0 saturated heterocycles. The normalized spacial score (nSPS) is 11.8. The van der Waals surface area contributed by atoms with Gasteiger partial charge in [0.25, 0.3) is 5.91 Å². The predicted octanol–water partition coefficient (Wildman–Crippen LogP) is 3.79. The number of ether oxygens (including phenoxy) is 1. The fourth-order valence-corrected chi connectivity index (χ4v) is 3.67. The summed E-state index contributed by atoms with van der Waals surface area (Å²) in [5.74, 6) is -0.155. The highest BCUT2D eigenvalue weighted by atomic mass is 79.9. The molecule has 1 heterocycles. The Morgan fingerprint density at radius 3 is 2.86 bits per heavy atom. The van der Waals surface area contributed by atoms with E-state index in [1.807, 2.05) is 39.0 Å². The molecular formula is C15H19BrN2O2S. The van der Waals surface area contributed by atoms with Crippen LogP contribution in [-0.2, 0) is 4.74 Å². The Hall–Kier alpha value is -1.11. The average Bonchev–Trinajstić information content (AvgIpc) is 2.73. The number of fused-ring (bicyclic) bond motifs is 1. The van der Waals surface area contributed by atoms with Crippen LogP contribution in [0.25, 0.3) is 10.1 Å². The first-order chi connectivity index (χ1) is 9.84. The number of rotatable bonds is 5. The Bertz CT molecular complexity index is 667. The van der Waals surface area contributed by atoms with Gasteiger partial charge in [-0.15, -0.1) is 11.3 Å². The Morgan fingerprint density at radius 2 is 2.19 bits per heavy atom. The van der Waals surface area contributed by atoms with Crippen LogP contribution in [0, 0.1) is 0 Å².